The molecule has 206 valence electrons. The van der Waals surface area contributed by atoms with Gasteiger partial charge in [-0.15, -0.1) is 0 Å². The largest absolute Gasteiger partial charge is 0.493 e. The first kappa shape index (κ1) is 25.3. The van der Waals surface area contributed by atoms with E-state index in [-0.39, 0.29) is 24.3 Å². The lowest BCUT2D eigenvalue weighted by Crippen LogP contribution is -2.41. The van der Waals surface area contributed by atoms with Crippen molar-refractivity contribution in [3.05, 3.63) is 113 Å². The quantitative estimate of drug-likeness (QED) is 0.219. The van der Waals surface area contributed by atoms with Gasteiger partial charge >= 0.3 is 0 Å². The Bertz CT molecular complexity index is 1740. The summed E-state index contributed by atoms with van der Waals surface area (Å²) in [6.45, 7) is 0.972. The van der Waals surface area contributed by atoms with E-state index in [0.29, 0.717) is 17.9 Å². The third-order valence-electron chi connectivity index (χ3n) is 8.20. The highest BCUT2D eigenvalue weighted by molar-refractivity contribution is 5.95. The van der Waals surface area contributed by atoms with Gasteiger partial charge in [0.15, 0.2) is 35.7 Å². The summed E-state index contributed by atoms with van der Waals surface area (Å²) < 4.78 is 53.2. The normalized spacial score (nSPS) is 13.3. The molecule has 5 nitrogen and oxygen atoms in total. The average Bonchev–Trinajstić information content (AvgIpc) is 3.46. The van der Waals surface area contributed by atoms with Crippen molar-refractivity contribution < 1.29 is 32.3 Å². The van der Waals surface area contributed by atoms with E-state index < -0.39 is 0 Å². The Labute approximate surface area is 236 Å². The topological polar surface area (TPSA) is 40.8 Å². The second-order valence-electron chi connectivity index (χ2n) is 10.4. The van der Waals surface area contributed by atoms with Gasteiger partial charge in [0.1, 0.15) is 11.6 Å². The number of pyridine rings is 1. The number of hydrogen-bond donors (Lipinski definition) is 0. The van der Waals surface area contributed by atoms with Crippen LogP contribution in [-0.2, 0) is 19.4 Å². The smallest absolute Gasteiger partial charge is 0.231 e. The molecule has 0 atom stereocenters. The summed E-state index contributed by atoms with van der Waals surface area (Å²) in [5.41, 5.74) is 6.34. The van der Waals surface area contributed by atoms with E-state index in [1.54, 1.807) is 14.2 Å². The number of hydrogen-bond acceptors (Lipinski definition) is 4. The van der Waals surface area contributed by atoms with Gasteiger partial charge < -0.3 is 18.9 Å². The number of methoxy groups -OCH3 is 2. The predicted octanol–water partition coefficient (Wildman–Crippen LogP) is 6.75. The second kappa shape index (κ2) is 10.1. The Kier molecular flexibility index (Phi) is 6.22. The van der Waals surface area contributed by atoms with E-state index in [1.807, 2.05) is 30.3 Å². The van der Waals surface area contributed by atoms with E-state index in [9.17, 15) is 8.78 Å². The molecule has 5 aromatic rings. The Morgan fingerprint density at radius 1 is 0.805 bits per heavy atom. The van der Waals surface area contributed by atoms with Crippen LogP contribution in [0.2, 0.25) is 0 Å². The predicted molar refractivity (Wildman–Crippen MR) is 151 cm³/mol. The molecule has 2 aliphatic heterocycles. The van der Waals surface area contributed by atoms with Crippen LogP contribution in [0.25, 0.3) is 22.0 Å². The van der Waals surface area contributed by atoms with Crippen LogP contribution in [0.1, 0.15) is 28.2 Å². The van der Waals surface area contributed by atoms with E-state index in [0.717, 1.165) is 63.2 Å². The molecule has 41 heavy (non-hydrogen) atoms. The summed E-state index contributed by atoms with van der Waals surface area (Å²) in [6.07, 6.45) is 3.54. The zero-order valence-electron chi connectivity index (χ0n) is 22.7. The van der Waals surface area contributed by atoms with Crippen LogP contribution >= 0.6 is 0 Å². The molecule has 7 heteroatoms. The Morgan fingerprint density at radius 3 is 2.10 bits per heavy atom. The lowest BCUT2D eigenvalue weighted by Gasteiger charge is -2.24. The summed E-state index contributed by atoms with van der Waals surface area (Å²) >= 11 is 0. The van der Waals surface area contributed by atoms with Crippen molar-refractivity contribution in [2.45, 2.75) is 25.3 Å². The van der Waals surface area contributed by atoms with Gasteiger partial charge in [-0.1, -0.05) is 24.3 Å². The molecular formula is C34H28F2NO4+. The van der Waals surface area contributed by atoms with Gasteiger partial charge in [-0.25, -0.2) is 8.78 Å². The van der Waals surface area contributed by atoms with E-state index in [2.05, 4.69) is 29.0 Å². The third kappa shape index (κ3) is 4.32. The first-order chi connectivity index (χ1) is 20.0. The molecule has 0 saturated heterocycles. The van der Waals surface area contributed by atoms with Gasteiger partial charge in [0.25, 0.3) is 0 Å². The third-order valence-corrected chi connectivity index (χ3v) is 8.20. The van der Waals surface area contributed by atoms with Crippen molar-refractivity contribution in [3.63, 3.8) is 0 Å². The lowest BCUT2D eigenvalue weighted by atomic mass is 9.82. The molecule has 0 bridgehead atoms. The number of nitrogens with zero attached hydrogens (tertiary/aromatic N) is 1. The number of aromatic nitrogens is 1. The Balaban J connectivity index is 1.50. The molecule has 2 aliphatic rings. The summed E-state index contributed by atoms with van der Waals surface area (Å²) in [5.74, 6) is 2.04. The van der Waals surface area contributed by atoms with Crippen LogP contribution in [0.15, 0.2) is 79.0 Å². The fourth-order valence-electron chi connectivity index (χ4n) is 6.24. The van der Waals surface area contributed by atoms with Gasteiger partial charge in [-0.2, -0.15) is 4.57 Å². The molecule has 0 aliphatic carbocycles. The lowest BCUT2D eigenvalue weighted by molar-refractivity contribution is -0.686. The Morgan fingerprint density at radius 2 is 1.46 bits per heavy atom. The van der Waals surface area contributed by atoms with Gasteiger partial charge in [0.05, 0.1) is 25.2 Å². The SMILES string of the molecule is COc1ccc2c(CC(c3ccc(F)cc3)c3ccc(F)cc3)c3[n+](cc2c1OC)CCc1cc2c(cc1-3)OCO2. The number of rotatable bonds is 6. The van der Waals surface area contributed by atoms with Crippen molar-refractivity contribution in [1.82, 2.24) is 0 Å². The number of benzene rings is 4. The van der Waals surface area contributed by atoms with Crippen LogP contribution in [0, 0.1) is 11.6 Å². The monoisotopic (exact) mass is 552 g/mol. The zero-order valence-corrected chi connectivity index (χ0v) is 22.7. The Hall–Kier alpha value is -4.65. The van der Waals surface area contributed by atoms with Crippen LogP contribution in [0.3, 0.4) is 0 Å². The minimum atomic E-state index is -0.300. The molecule has 4 aromatic carbocycles. The number of aryl methyl sites for hydroxylation is 2. The summed E-state index contributed by atoms with van der Waals surface area (Å²) in [4.78, 5) is 0. The van der Waals surface area contributed by atoms with E-state index in [4.69, 9.17) is 18.9 Å². The highest BCUT2D eigenvalue weighted by atomic mass is 19.1. The van der Waals surface area contributed by atoms with Gasteiger partial charge in [0, 0.05) is 23.3 Å². The number of fused-ring (bicyclic) bond motifs is 5. The van der Waals surface area contributed by atoms with E-state index in [1.165, 1.54) is 29.8 Å². The molecule has 0 amide bonds. The van der Waals surface area contributed by atoms with Gasteiger partial charge in [-0.3, -0.25) is 0 Å². The van der Waals surface area contributed by atoms with Gasteiger partial charge in [-0.05, 0) is 71.6 Å². The second-order valence-corrected chi connectivity index (χ2v) is 10.4. The maximum Gasteiger partial charge on any atom is 0.231 e. The fourth-order valence-corrected chi connectivity index (χ4v) is 6.24. The van der Waals surface area contributed by atoms with Crippen molar-refractivity contribution in [2.75, 3.05) is 21.0 Å². The average molecular weight is 553 g/mol. The summed E-state index contributed by atoms with van der Waals surface area (Å²) in [7, 11) is 3.28. The maximum atomic E-state index is 14.0. The fraction of sp³-hybridized carbons (Fsp3) is 0.206. The van der Waals surface area contributed by atoms with Crippen molar-refractivity contribution in [2.24, 2.45) is 0 Å². The van der Waals surface area contributed by atoms with Crippen molar-refractivity contribution in [3.8, 4) is 34.3 Å². The van der Waals surface area contributed by atoms with Crippen LogP contribution in [0.4, 0.5) is 8.78 Å². The van der Waals surface area contributed by atoms with Gasteiger partial charge in [0.2, 0.25) is 12.5 Å². The zero-order chi connectivity index (χ0) is 28.1. The molecule has 7 rings (SSSR count). The van der Waals surface area contributed by atoms with Crippen molar-refractivity contribution in [1.29, 1.82) is 0 Å². The maximum absolute atomic E-state index is 14.0. The molecule has 1 aromatic heterocycles. The van der Waals surface area contributed by atoms with E-state index >= 15 is 0 Å². The number of halogens is 2. The van der Waals surface area contributed by atoms with Crippen LogP contribution < -0.4 is 23.5 Å². The first-order valence-electron chi connectivity index (χ1n) is 13.6. The molecule has 0 fully saturated rings. The highest BCUT2D eigenvalue weighted by Crippen LogP contribution is 2.45. The molecule has 0 spiro atoms. The van der Waals surface area contributed by atoms with Crippen LogP contribution in [-0.4, -0.2) is 21.0 Å². The van der Waals surface area contributed by atoms with Crippen LogP contribution in [0.5, 0.6) is 23.0 Å². The highest BCUT2D eigenvalue weighted by Gasteiger charge is 2.33. The molecule has 0 saturated carbocycles. The molecule has 3 heterocycles. The van der Waals surface area contributed by atoms with Crippen molar-refractivity contribution >= 4 is 10.8 Å². The molecule has 0 unspecified atom stereocenters. The number of ether oxygens (including phenoxy) is 4. The summed E-state index contributed by atoms with van der Waals surface area (Å²) in [6, 6.07) is 21.3. The minimum absolute atomic E-state index is 0.168. The minimum Gasteiger partial charge on any atom is -0.493 e. The molecular weight excluding hydrogens is 524 g/mol. The summed E-state index contributed by atoms with van der Waals surface area (Å²) in [5, 5.41) is 1.96. The molecule has 0 N–H and O–H groups in total. The molecule has 0 radical (unpaired) electrons. The first-order valence-corrected chi connectivity index (χ1v) is 13.6. The standard InChI is InChI=1S/C34H28F2NO4/c1-38-30-12-11-25-28(16-26(20-3-7-23(35)8-4-20)21-5-9-24(36)10-6-21)33-27-17-32-31(40-19-41-32)15-22(27)13-14-37(33)18-29(25)34(30)39-2/h3-12,15,17-18,26H,13-14,16,19H2,1-2H3/q+1.